The average Bonchev–Trinajstić information content (AvgIpc) is 2.71. The average molecular weight is 195 g/mol. The first-order valence-corrected chi connectivity index (χ1v) is 5.51. The van der Waals surface area contributed by atoms with E-state index < -0.39 is 0 Å². The highest BCUT2D eigenvalue weighted by molar-refractivity contribution is 7.10. The van der Waals surface area contributed by atoms with E-state index in [9.17, 15) is 4.79 Å². The predicted molar refractivity (Wildman–Crippen MR) is 53.9 cm³/mol. The Hall–Kier alpha value is -0.830. The molecule has 0 aromatic carbocycles. The molecule has 3 heteroatoms. The molecule has 0 unspecified atom stereocenters. The molecular formula is C10H13NOS. The summed E-state index contributed by atoms with van der Waals surface area (Å²) in [5.74, 6) is 0.691. The fourth-order valence-corrected chi connectivity index (χ4v) is 2.71. The van der Waals surface area contributed by atoms with Gasteiger partial charge in [-0.3, -0.25) is 4.79 Å². The molecule has 0 bridgehead atoms. The van der Waals surface area contributed by atoms with E-state index >= 15 is 0 Å². The van der Waals surface area contributed by atoms with Crippen molar-refractivity contribution in [3.05, 3.63) is 22.4 Å². The van der Waals surface area contributed by atoms with Crippen LogP contribution in [0.15, 0.2) is 17.5 Å². The van der Waals surface area contributed by atoms with Gasteiger partial charge in [0.25, 0.3) is 0 Å². The van der Waals surface area contributed by atoms with Gasteiger partial charge >= 0.3 is 0 Å². The summed E-state index contributed by atoms with van der Waals surface area (Å²) in [6.07, 6.45) is 3.21. The summed E-state index contributed by atoms with van der Waals surface area (Å²) in [5, 5.41) is 2.13. The van der Waals surface area contributed by atoms with Crippen molar-refractivity contribution in [3.8, 4) is 0 Å². The van der Waals surface area contributed by atoms with Crippen LogP contribution >= 0.6 is 11.3 Å². The Morgan fingerprint density at radius 1 is 1.46 bits per heavy atom. The Bertz CT molecular complexity index is 262. The highest BCUT2D eigenvalue weighted by Crippen LogP contribution is 2.30. The van der Waals surface area contributed by atoms with Crippen molar-refractivity contribution in [2.75, 3.05) is 13.1 Å². The van der Waals surface area contributed by atoms with Gasteiger partial charge in [-0.2, -0.15) is 0 Å². The molecule has 2 heterocycles. The summed E-state index contributed by atoms with van der Waals surface area (Å²) in [6.45, 7) is 1.85. The van der Waals surface area contributed by atoms with Gasteiger partial charge in [0, 0.05) is 18.0 Å². The van der Waals surface area contributed by atoms with Gasteiger partial charge in [-0.1, -0.05) is 6.07 Å². The van der Waals surface area contributed by atoms with E-state index in [4.69, 9.17) is 0 Å². The van der Waals surface area contributed by atoms with Crippen LogP contribution in [0.1, 0.15) is 23.6 Å². The van der Waals surface area contributed by atoms with E-state index in [2.05, 4.69) is 17.5 Å². The van der Waals surface area contributed by atoms with E-state index in [1.807, 2.05) is 16.2 Å². The molecule has 13 heavy (non-hydrogen) atoms. The lowest BCUT2D eigenvalue weighted by Crippen LogP contribution is -2.31. The van der Waals surface area contributed by atoms with Crippen LogP contribution in [0.4, 0.5) is 0 Å². The zero-order valence-corrected chi connectivity index (χ0v) is 8.30. The number of likely N-dealkylation sites (tertiary alicyclic amines) is 1. The molecule has 0 N–H and O–H groups in total. The highest BCUT2D eigenvalue weighted by Gasteiger charge is 2.19. The van der Waals surface area contributed by atoms with Crippen molar-refractivity contribution in [1.29, 1.82) is 0 Å². The first-order chi connectivity index (χ1) is 6.40. The summed E-state index contributed by atoms with van der Waals surface area (Å²) in [7, 11) is 0. The largest absolute Gasteiger partial charge is 0.345 e. The molecule has 1 aliphatic rings. The van der Waals surface area contributed by atoms with Gasteiger partial charge in [-0.05, 0) is 30.2 Å². The van der Waals surface area contributed by atoms with Gasteiger partial charge in [0.1, 0.15) is 0 Å². The highest BCUT2D eigenvalue weighted by atomic mass is 32.1. The summed E-state index contributed by atoms with van der Waals surface area (Å²) >= 11 is 1.83. The lowest BCUT2D eigenvalue weighted by Gasteiger charge is -2.28. The van der Waals surface area contributed by atoms with E-state index in [-0.39, 0.29) is 0 Å². The minimum atomic E-state index is 0.691. The smallest absolute Gasteiger partial charge is 0.209 e. The molecule has 0 saturated carbocycles. The third kappa shape index (κ3) is 1.91. The zero-order valence-electron chi connectivity index (χ0n) is 7.48. The molecule has 0 radical (unpaired) electrons. The Labute approximate surface area is 82.2 Å². The zero-order chi connectivity index (χ0) is 9.10. The number of piperidine rings is 1. The second-order valence-corrected chi connectivity index (χ2v) is 4.41. The topological polar surface area (TPSA) is 20.3 Å². The summed E-state index contributed by atoms with van der Waals surface area (Å²) in [6, 6.07) is 4.30. The number of amides is 1. The molecule has 1 aromatic heterocycles. The standard InChI is InChI=1S/C10H13NOS/c12-8-11-5-3-9(4-6-11)10-2-1-7-13-10/h1-2,7-9H,3-6H2. The molecule has 1 aliphatic heterocycles. The minimum absolute atomic E-state index is 0.691. The van der Waals surface area contributed by atoms with Crippen molar-refractivity contribution < 1.29 is 4.79 Å². The van der Waals surface area contributed by atoms with Crippen LogP contribution in [0.5, 0.6) is 0 Å². The molecule has 1 fully saturated rings. The first-order valence-electron chi connectivity index (χ1n) is 4.63. The van der Waals surface area contributed by atoms with Crippen molar-refractivity contribution in [2.45, 2.75) is 18.8 Å². The van der Waals surface area contributed by atoms with E-state index in [0.29, 0.717) is 5.92 Å². The minimum Gasteiger partial charge on any atom is -0.345 e. The molecule has 0 atom stereocenters. The summed E-state index contributed by atoms with van der Waals surface area (Å²) in [5.41, 5.74) is 0. The van der Waals surface area contributed by atoms with Crippen LogP contribution in [-0.2, 0) is 4.79 Å². The van der Waals surface area contributed by atoms with Crippen LogP contribution in [0.25, 0.3) is 0 Å². The number of hydrogen-bond acceptors (Lipinski definition) is 2. The number of nitrogens with zero attached hydrogens (tertiary/aromatic N) is 1. The maximum Gasteiger partial charge on any atom is 0.209 e. The van der Waals surface area contributed by atoms with Crippen LogP contribution < -0.4 is 0 Å². The van der Waals surface area contributed by atoms with Gasteiger partial charge in [0.05, 0.1) is 0 Å². The van der Waals surface area contributed by atoms with Crippen molar-refractivity contribution >= 4 is 17.7 Å². The Morgan fingerprint density at radius 2 is 2.23 bits per heavy atom. The molecule has 1 saturated heterocycles. The molecule has 0 spiro atoms. The Morgan fingerprint density at radius 3 is 2.77 bits per heavy atom. The van der Waals surface area contributed by atoms with E-state index in [1.165, 1.54) is 4.88 Å². The van der Waals surface area contributed by atoms with Crippen LogP contribution in [0.2, 0.25) is 0 Å². The second-order valence-electron chi connectivity index (χ2n) is 3.43. The third-order valence-corrected chi connectivity index (χ3v) is 3.66. The van der Waals surface area contributed by atoms with Crippen LogP contribution in [0, 0.1) is 0 Å². The SMILES string of the molecule is O=CN1CCC(c2cccs2)CC1. The third-order valence-electron chi connectivity index (χ3n) is 2.62. The Kier molecular flexibility index (Phi) is 2.64. The maximum absolute atomic E-state index is 10.5. The maximum atomic E-state index is 10.5. The number of rotatable bonds is 2. The lowest BCUT2D eigenvalue weighted by molar-refractivity contribution is -0.119. The predicted octanol–water partition coefficient (Wildman–Crippen LogP) is 2.08. The quantitative estimate of drug-likeness (QED) is 0.662. The number of carbonyl (C=O) groups is 1. The second kappa shape index (κ2) is 3.92. The van der Waals surface area contributed by atoms with Gasteiger partial charge < -0.3 is 4.90 Å². The molecule has 70 valence electrons. The summed E-state index contributed by atoms with van der Waals surface area (Å²) in [4.78, 5) is 13.8. The number of carbonyl (C=O) groups excluding carboxylic acids is 1. The van der Waals surface area contributed by atoms with Crippen molar-refractivity contribution in [2.24, 2.45) is 0 Å². The fraction of sp³-hybridized carbons (Fsp3) is 0.500. The van der Waals surface area contributed by atoms with Gasteiger partial charge in [0.15, 0.2) is 0 Å². The van der Waals surface area contributed by atoms with E-state index in [0.717, 1.165) is 32.3 Å². The van der Waals surface area contributed by atoms with Crippen molar-refractivity contribution in [3.63, 3.8) is 0 Å². The molecule has 2 nitrogen and oxygen atoms in total. The lowest BCUT2D eigenvalue weighted by atomic mass is 9.96. The van der Waals surface area contributed by atoms with E-state index in [1.54, 1.807) is 0 Å². The summed E-state index contributed by atoms with van der Waals surface area (Å²) < 4.78 is 0. The van der Waals surface area contributed by atoms with Gasteiger partial charge in [-0.15, -0.1) is 11.3 Å². The monoisotopic (exact) mass is 195 g/mol. The molecule has 1 aromatic rings. The molecule has 0 aliphatic carbocycles. The van der Waals surface area contributed by atoms with Crippen molar-refractivity contribution in [1.82, 2.24) is 4.90 Å². The molecule has 1 amide bonds. The normalized spacial score (nSPS) is 18.9. The number of thiophene rings is 1. The molecular weight excluding hydrogens is 182 g/mol. The van der Waals surface area contributed by atoms with Gasteiger partial charge in [-0.25, -0.2) is 0 Å². The fourth-order valence-electron chi connectivity index (χ4n) is 1.81. The first kappa shape index (κ1) is 8.75. The Balaban J connectivity index is 1.95. The molecule has 2 rings (SSSR count). The van der Waals surface area contributed by atoms with Gasteiger partial charge in [0.2, 0.25) is 6.41 Å². The van der Waals surface area contributed by atoms with Crippen LogP contribution in [-0.4, -0.2) is 24.4 Å². The van der Waals surface area contributed by atoms with Crippen LogP contribution in [0.3, 0.4) is 0 Å². The number of hydrogen-bond donors (Lipinski definition) is 0.